The van der Waals surface area contributed by atoms with Crippen LogP contribution in [0.5, 0.6) is 5.75 Å². The predicted octanol–water partition coefficient (Wildman–Crippen LogP) is 4.11. The summed E-state index contributed by atoms with van der Waals surface area (Å²) >= 11 is 11.7. The van der Waals surface area contributed by atoms with E-state index in [2.05, 4.69) is 5.32 Å². The maximum Gasteiger partial charge on any atom is 0.251 e. The fraction of sp³-hybridized carbons (Fsp3) is 0.188. The maximum atomic E-state index is 11.9. The molecule has 0 spiro atoms. The Balaban J connectivity index is 1.82. The molecule has 0 fully saturated rings. The number of rotatable bonds is 5. The second kappa shape index (κ2) is 7.34. The normalized spacial score (nSPS) is 10.2. The smallest absolute Gasteiger partial charge is 0.251 e. The van der Waals surface area contributed by atoms with Gasteiger partial charge in [0.25, 0.3) is 5.91 Å². The van der Waals surface area contributed by atoms with Gasteiger partial charge in [0.2, 0.25) is 0 Å². The highest BCUT2D eigenvalue weighted by Gasteiger charge is 2.07. The number of nitrogens with one attached hydrogen (secondary N) is 1. The lowest BCUT2D eigenvalue weighted by atomic mass is 10.2. The fourth-order valence-electron chi connectivity index (χ4n) is 1.78. The van der Waals surface area contributed by atoms with Gasteiger partial charge in [-0.25, -0.2) is 0 Å². The lowest BCUT2D eigenvalue weighted by molar-refractivity contribution is 0.0947. The summed E-state index contributed by atoms with van der Waals surface area (Å²) in [7, 11) is 0. The Morgan fingerprint density at radius 1 is 1.14 bits per heavy atom. The lowest BCUT2D eigenvalue weighted by Gasteiger charge is -2.10. The molecule has 0 bridgehead atoms. The molecule has 0 atom stereocenters. The molecule has 0 heterocycles. The zero-order chi connectivity index (χ0) is 15.2. The van der Waals surface area contributed by atoms with Crippen LogP contribution < -0.4 is 10.1 Å². The Hall–Kier alpha value is -1.71. The number of hydrogen-bond acceptors (Lipinski definition) is 2. The van der Waals surface area contributed by atoms with Crippen LogP contribution in [0.25, 0.3) is 0 Å². The number of halogens is 2. The topological polar surface area (TPSA) is 38.3 Å². The largest absolute Gasteiger partial charge is 0.491 e. The van der Waals surface area contributed by atoms with Gasteiger partial charge in [0.05, 0.1) is 16.6 Å². The summed E-state index contributed by atoms with van der Waals surface area (Å²) in [6, 6.07) is 12.5. The van der Waals surface area contributed by atoms with Gasteiger partial charge in [0.1, 0.15) is 12.4 Å². The third-order valence-corrected chi connectivity index (χ3v) is 3.66. The summed E-state index contributed by atoms with van der Waals surface area (Å²) in [6.45, 7) is 2.79. The highest BCUT2D eigenvalue weighted by molar-refractivity contribution is 6.42. The van der Waals surface area contributed by atoms with Gasteiger partial charge in [-0.2, -0.15) is 0 Å². The van der Waals surface area contributed by atoms with Crippen LogP contribution in [0.4, 0.5) is 0 Å². The van der Waals surface area contributed by atoms with Crippen molar-refractivity contribution in [3.63, 3.8) is 0 Å². The molecule has 0 unspecified atom stereocenters. The van der Waals surface area contributed by atoms with Crippen molar-refractivity contribution in [1.29, 1.82) is 0 Å². The van der Waals surface area contributed by atoms with Crippen molar-refractivity contribution in [3.05, 3.63) is 63.6 Å². The van der Waals surface area contributed by atoms with Gasteiger partial charge >= 0.3 is 0 Å². The number of hydrogen-bond donors (Lipinski definition) is 1. The molecule has 2 aromatic rings. The first-order chi connectivity index (χ1) is 10.1. The molecule has 3 nitrogen and oxygen atoms in total. The number of amides is 1. The first kappa shape index (κ1) is 15.7. The van der Waals surface area contributed by atoms with Crippen LogP contribution in [0.1, 0.15) is 15.9 Å². The second-order valence-corrected chi connectivity index (χ2v) is 5.31. The Bertz CT molecular complexity index is 644. The highest BCUT2D eigenvalue weighted by atomic mass is 35.5. The van der Waals surface area contributed by atoms with Crippen molar-refractivity contribution in [1.82, 2.24) is 5.32 Å². The molecule has 0 aliphatic carbocycles. The number of benzene rings is 2. The van der Waals surface area contributed by atoms with Gasteiger partial charge in [-0.3, -0.25) is 4.79 Å². The minimum absolute atomic E-state index is 0.207. The Morgan fingerprint density at radius 2 is 1.90 bits per heavy atom. The molecule has 110 valence electrons. The molecule has 21 heavy (non-hydrogen) atoms. The summed E-state index contributed by atoms with van der Waals surface area (Å²) in [5.74, 6) is 0.614. The summed E-state index contributed by atoms with van der Waals surface area (Å²) in [6.07, 6.45) is 0. The highest BCUT2D eigenvalue weighted by Crippen LogP contribution is 2.22. The number of carbonyl (C=O) groups is 1. The zero-order valence-corrected chi connectivity index (χ0v) is 13.0. The van der Waals surface area contributed by atoms with Crippen LogP contribution in [0, 0.1) is 6.92 Å². The minimum atomic E-state index is -0.207. The van der Waals surface area contributed by atoms with Crippen LogP contribution >= 0.6 is 23.2 Å². The third kappa shape index (κ3) is 4.38. The van der Waals surface area contributed by atoms with Crippen molar-refractivity contribution in [2.75, 3.05) is 13.2 Å². The molecular formula is C16H15Cl2NO2. The van der Waals surface area contributed by atoms with Crippen molar-refractivity contribution < 1.29 is 9.53 Å². The Labute approximate surface area is 133 Å². The number of para-hydroxylation sites is 1. The lowest BCUT2D eigenvalue weighted by Crippen LogP contribution is -2.28. The Morgan fingerprint density at radius 3 is 2.62 bits per heavy atom. The number of carbonyl (C=O) groups excluding carboxylic acids is 1. The van der Waals surface area contributed by atoms with Crippen LogP contribution in [0.2, 0.25) is 10.0 Å². The van der Waals surface area contributed by atoms with Crippen LogP contribution in [-0.2, 0) is 0 Å². The van der Waals surface area contributed by atoms with E-state index in [1.54, 1.807) is 18.2 Å². The van der Waals surface area contributed by atoms with Gasteiger partial charge < -0.3 is 10.1 Å². The molecule has 0 radical (unpaired) electrons. The van der Waals surface area contributed by atoms with E-state index in [0.717, 1.165) is 11.3 Å². The van der Waals surface area contributed by atoms with E-state index in [-0.39, 0.29) is 5.91 Å². The molecule has 5 heteroatoms. The van der Waals surface area contributed by atoms with Crippen molar-refractivity contribution in [2.24, 2.45) is 0 Å². The molecule has 1 N–H and O–H groups in total. The van der Waals surface area contributed by atoms with Crippen molar-refractivity contribution in [2.45, 2.75) is 6.92 Å². The van der Waals surface area contributed by atoms with Crippen LogP contribution in [-0.4, -0.2) is 19.1 Å². The average Bonchev–Trinajstić information content (AvgIpc) is 2.48. The molecule has 0 saturated carbocycles. The summed E-state index contributed by atoms with van der Waals surface area (Å²) in [4.78, 5) is 11.9. The van der Waals surface area contributed by atoms with Gasteiger partial charge in [-0.1, -0.05) is 41.4 Å². The van der Waals surface area contributed by atoms with E-state index < -0.39 is 0 Å². The van der Waals surface area contributed by atoms with E-state index in [4.69, 9.17) is 27.9 Å². The van der Waals surface area contributed by atoms with Gasteiger partial charge in [0.15, 0.2) is 0 Å². The van der Waals surface area contributed by atoms with Crippen molar-refractivity contribution in [3.8, 4) is 5.75 Å². The van der Waals surface area contributed by atoms with E-state index in [1.807, 2.05) is 31.2 Å². The van der Waals surface area contributed by atoms with Gasteiger partial charge in [-0.15, -0.1) is 0 Å². The fourth-order valence-corrected chi connectivity index (χ4v) is 2.08. The average molecular weight is 324 g/mol. The van der Waals surface area contributed by atoms with Crippen LogP contribution in [0.15, 0.2) is 42.5 Å². The molecule has 0 aromatic heterocycles. The summed E-state index contributed by atoms with van der Waals surface area (Å²) in [5, 5.41) is 3.56. The van der Waals surface area contributed by atoms with E-state index in [9.17, 15) is 4.79 Å². The predicted molar refractivity (Wildman–Crippen MR) is 85.5 cm³/mol. The molecular weight excluding hydrogens is 309 g/mol. The molecule has 1 amide bonds. The van der Waals surface area contributed by atoms with E-state index in [1.165, 1.54) is 0 Å². The van der Waals surface area contributed by atoms with Crippen LogP contribution in [0.3, 0.4) is 0 Å². The number of aryl methyl sites for hydroxylation is 1. The summed E-state index contributed by atoms with van der Waals surface area (Å²) in [5.41, 5.74) is 1.54. The maximum absolute atomic E-state index is 11.9. The van der Waals surface area contributed by atoms with E-state index in [0.29, 0.717) is 28.8 Å². The van der Waals surface area contributed by atoms with Crippen molar-refractivity contribution >= 4 is 29.1 Å². The number of ether oxygens (including phenoxy) is 1. The first-order valence-electron chi connectivity index (χ1n) is 6.49. The quantitative estimate of drug-likeness (QED) is 0.841. The van der Waals surface area contributed by atoms with Gasteiger partial charge in [-0.05, 0) is 36.8 Å². The monoisotopic (exact) mass is 323 g/mol. The molecule has 0 aliphatic heterocycles. The van der Waals surface area contributed by atoms with E-state index >= 15 is 0 Å². The molecule has 0 aliphatic rings. The molecule has 0 saturated heterocycles. The zero-order valence-electron chi connectivity index (χ0n) is 11.5. The second-order valence-electron chi connectivity index (χ2n) is 4.50. The summed E-state index contributed by atoms with van der Waals surface area (Å²) < 4.78 is 5.60. The standard InChI is InChI=1S/C16H15Cl2NO2/c1-11-4-2-3-5-15(11)21-9-8-19-16(20)12-6-7-13(17)14(18)10-12/h2-7,10H,8-9H2,1H3,(H,19,20). The third-order valence-electron chi connectivity index (χ3n) is 2.92. The minimum Gasteiger partial charge on any atom is -0.491 e. The van der Waals surface area contributed by atoms with Gasteiger partial charge in [0, 0.05) is 5.56 Å². The molecule has 2 aromatic carbocycles. The SMILES string of the molecule is Cc1ccccc1OCCNC(=O)c1ccc(Cl)c(Cl)c1. The first-order valence-corrected chi connectivity index (χ1v) is 7.25. The Kier molecular flexibility index (Phi) is 5.48. The molecule has 2 rings (SSSR count).